The molecule has 0 bridgehead atoms. The maximum absolute atomic E-state index is 11.5. The third kappa shape index (κ3) is 4.44. The van der Waals surface area contributed by atoms with E-state index in [-0.39, 0.29) is 5.91 Å². The lowest BCUT2D eigenvalue weighted by Crippen LogP contribution is -2.40. The summed E-state index contributed by atoms with van der Waals surface area (Å²) in [6.07, 6.45) is 1.02. The second-order valence-electron chi connectivity index (χ2n) is 3.94. The first-order valence-electron chi connectivity index (χ1n) is 5.03. The van der Waals surface area contributed by atoms with Gasteiger partial charge in [-0.2, -0.15) is 11.3 Å². The van der Waals surface area contributed by atoms with E-state index in [0.717, 1.165) is 5.56 Å². The largest absolute Gasteiger partial charge is 0.388 e. The Kier molecular flexibility index (Phi) is 4.29. The number of amides is 1. The minimum absolute atomic E-state index is 0.0397. The third-order valence-electron chi connectivity index (χ3n) is 2.37. The van der Waals surface area contributed by atoms with Crippen LogP contribution in [0.4, 0.5) is 0 Å². The van der Waals surface area contributed by atoms with Crippen molar-refractivity contribution >= 4 is 17.2 Å². The van der Waals surface area contributed by atoms with Gasteiger partial charge < -0.3 is 10.4 Å². The van der Waals surface area contributed by atoms with Gasteiger partial charge in [-0.1, -0.05) is 6.92 Å². The van der Waals surface area contributed by atoms with Gasteiger partial charge in [0.2, 0.25) is 5.91 Å². The van der Waals surface area contributed by atoms with Gasteiger partial charge in [-0.25, -0.2) is 0 Å². The first-order chi connectivity index (χ1) is 7.03. The van der Waals surface area contributed by atoms with Crippen molar-refractivity contribution in [2.24, 2.45) is 0 Å². The van der Waals surface area contributed by atoms with Crippen LogP contribution in [-0.4, -0.2) is 23.2 Å². The fourth-order valence-corrected chi connectivity index (χ4v) is 1.72. The van der Waals surface area contributed by atoms with Gasteiger partial charge in [0.1, 0.15) is 0 Å². The number of carbonyl (C=O) groups excluding carboxylic acids is 1. The fraction of sp³-hybridized carbons (Fsp3) is 0.545. The summed E-state index contributed by atoms with van der Waals surface area (Å²) in [5.74, 6) is -0.0397. The van der Waals surface area contributed by atoms with Crippen LogP contribution in [0.5, 0.6) is 0 Å². The summed E-state index contributed by atoms with van der Waals surface area (Å²) < 4.78 is 0. The molecule has 0 aliphatic carbocycles. The van der Waals surface area contributed by atoms with Gasteiger partial charge in [0.25, 0.3) is 0 Å². The second-order valence-corrected chi connectivity index (χ2v) is 4.72. The van der Waals surface area contributed by atoms with Crippen LogP contribution in [0.25, 0.3) is 0 Å². The zero-order chi connectivity index (χ0) is 11.3. The van der Waals surface area contributed by atoms with E-state index in [1.165, 1.54) is 0 Å². The number of aliphatic hydroxyl groups is 1. The molecule has 1 rings (SSSR count). The van der Waals surface area contributed by atoms with Crippen molar-refractivity contribution < 1.29 is 9.90 Å². The lowest BCUT2D eigenvalue weighted by Gasteiger charge is -2.21. The molecule has 4 heteroatoms. The summed E-state index contributed by atoms with van der Waals surface area (Å²) in [4.78, 5) is 11.5. The first kappa shape index (κ1) is 12.2. The van der Waals surface area contributed by atoms with Crippen LogP contribution < -0.4 is 5.32 Å². The highest BCUT2D eigenvalue weighted by Crippen LogP contribution is 2.08. The molecule has 1 amide bonds. The number of nitrogens with one attached hydrogen (secondary N) is 1. The average Bonchev–Trinajstić information content (AvgIpc) is 2.68. The smallest absolute Gasteiger partial charge is 0.224 e. The highest BCUT2D eigenvalue weighted by molar-refractivity contribution is 7.07. The lowest BCUT2D eigenvalue weighted by atomic mass is 10.0. The van der Waals surface area contributed by atoms with Crippen LogP contribution in [0.3, 0.4) is 0 Å². The number of thiophene rings is 1. The highest BCUT2D eigenvalue weighted by atomic mass is 32.1. The Morgan fingerprint density at radius 1 is 1.67 bits per heavy atom. The van der Waals surface area contributed by atoms with Crippen LogP contribution >= 0.6 is 11.3 Å². The van der Waals surface area contributed by atoms with Crippen molar-refractivity contribution in [3.63, 3.8) is 0 Å². The van der Waals surface area contributed by atoms with Gasteiger partial charge in [-0.15, -0.1) is 0 Å². The molecular formula is C11H17NO2S. The molecule has 84 valence electrons. The van der Waals surface area contributed by atoms with Gasteiger partial charge in [-0.3, -0.25) is 4.79 Å². The summed E-state index contributed by atoms with van der Waals surface area (Å²) in [6, 6.07) is 1.93. The summed E-state index contributed by atoms with van der Waals surface area (Å²) in [7, 11) is 0. The van der Waals surface area contributed by atoms with Crippen molar-refractivity contribution in [3.05, 3.63) is 22.4 Å². The SMILES string of the molecule is CCC(C)(O)CNC(=O)Cc1ccsc1. The van der Waals surface area contributed by atoms with Crippen LogP contribution in [-0.2, 0) is 11.2 Å². The molecule has 0 radical (unpaired) electrons. The van der Waals surface area contributed by atoms with Gasteiger partial charge in [0, 0.05) is 6.54 Å². The van der Waals surface area contributed by atoms with Crippen molar-refractivity contribution in [1.82, 2.24) is 5.32 Å². The zero-order valence-corrected chi connectivity index (χ0v) is 9.93. The van der Waals surface area contributed by atoms with E-state index < -0.39 is 5.60 Å². The van der Waals surface area contributed by atoms with E-state index in [4.69, 9.17) is 0 Å². The van der Waals surface area contributed by atoms with Gasteiger partial charge in [0.05, 0.1) is 12.0 Å². The van der Waals surface area contributed by atoms with E-state index in [1.54, 1.807) is 18.3 Å². The summed E-state index contributed by atoms with van der Waals surface area (Å²) in [5.41, 5.74) is 0.221. The normalized spacial score (nSPS) is 14.6. The predicted octanol–water partition coefficient (Wildman–Crippen LogP) is 1.57. The number of hydrogen-bond acceptors (Lipinski definition) is 3. The molecule has 15 heavy (non-hydrogen) atoms. The topological polar surface area (TPSA) is 49.3 Å². The molecule has 0 aliphatic rings. The van der Waals surface area contributed by atoms with E-state index in [1.807, 2.05) is 23.8 Å². The summed E-state index contributed by atoms with van der Waals surface area (Å²) in [6.45, 7) is 3.93. The Morgan fingerprint density at radius 2 is 2.40 bits per heavy atom. The van der Waals surface area contributed by atoms with E-state index >= 15 is 0 Å². The number of hydrogen-bond donors (Lipinski definition) is 2. The Bertz CT molecular complexity index is 306. The van der Waals surface area contributed by atoms with E-state index in [2.05, 4.69) is 5.32 Å². The van der Waals surface area contributed by atoms with Crippen molar-refractivity contribution in [2.45, 2.75) is 32.3 Å². The van der Waals surface area contributed by atoms with Crippen LogP contribution in [0, 0.1) is 0 Å². The molecule has 3 nitrogen and oxygen atoms in total. The van der Waals surface area contributed by atoms with Crippen LogP contribution in [0.1, 0.15) is 25.8 Å². The molecule has 0 aromatic carbocycles. The van der Waals surface area contributed by atoms with Crippen LogP contribution in [0.15, 0.2) is 16.8 Å². The van der Waals surface area contributed by atoms with Crippen molar-refractivity contribution in [2.75, 3.05) is 6.54 Å². The molecule has 1 aromatic heterocycles. The maximum atomic E-state index is 11.5. The highest BCUT2D eigenvalue weighted by Gasteiger charge is 2.18. The van der Waals surface area contributed by atoms with E-state index in [9.17, 15) is 9.90 Å². The number of rotatable bonds is 5. The minimum Gasteiger partial charge on any atom is -0.388 e. The second kappa shape index (κ2) is 5.28. The van der Waals surface area contributed by atoms with Gasteiger partial charge in [0.15, 0.2) is 0 Å². The molecule has 0 spiro atoms. The molecule has 0 saturated heterocycles. The Morgan fingerprint density at radius 3 is 2.93 bits per heavy atom. The number of carbonyl (C=O) groups is 1. The predicted molar refractivity (Wildman–Crippen MR) is 61.9 cm³/mol. The fourth-order valence-electron chi connectivity index (χ4n) is 1.06. The van der Waals surface area contributed by atoms with Crippen molar-refractivity contribution in [1.29, 1.82) is 0 Å². The Labute approximate surface area is 94.1 Å². The quantitative estimate of drug-likeness (QED) is 0.802. The molecule has 0 aliphatic heterocycles. The van der Waals surface area contributed by atoms with Gasteiger partial charge >= 0.3 is 0 Å². The van der Waals surface area contributed by atoms with Crippen molar-refractivity contribution in [3.8, 4) is 0 Å². The molecule has 0 fully saturated rings. The summed E-state index contributed by atoms with van der Waals surface area (Å²) >= 11 is 1.58. The first-order valence-corrected chi connectivity index (χ1v) is 5.98. The molecular weight excluding hydrogens is 210 g/mol. The molecule has 1 aromatic rings. The molecule has 0 saturated carbocycles. The lowest BCUT2D eigenvalue weighted by molar-refractivity contribution is -0.121. The van der Waals surface area contributed by atoms with Gasteiger partial charge in [-0.05, 0) is 35.7 Å². The third-order valence-corrected chi connectivity index (χ3v) is 3.10. The minimum atomic E-state index is -0.801. The summed E-state index contributed by atoms with van der Waals surface area (Å²) in [5, 5.41) is 16.3. The zero-order valence-electron chi connectivity index (χ0n) is 9.12. The molecule has 2 N–H and O–H groups in total. The molecule has 1 unspecified atom stereocenters. The monoisotopic (exact) mass is 227 g/mol. The van der Waals surface area contributed by atoms with Crippen LogP contribution in [0.2, 0.25) is 0 Å². The maximum Gasteiger partial charge on any atom is 0.224 e. The average molecular weight is 227 g/mol. The Balaban J connectivity index is 2.31. The molecule has 1 heterocycles. The molecule has 1 atom stereocenters. The standard InChI is InChI=1S/C11H17NO2S/c1-3-11(2,14)8-12-10(13)6-9-4-5-15-7-9/h4-5,7,14H,3,6,8H2,1-2H3,(H,12,13). The van der Waals surface area contributed by atoms with E-state index in [0.29, 0.717) is 19.4 Å². The Hall–Kier alpha value is -0.870.